The quantitative estimate of drug-likeness (QED) is 0.899. The van der Waals surface area contributed by atoms with Crippen LogP contribution in [0.5, 0.6) is 0 Å². The van der Waals surface area contributed by atoms with E-state index in [1.807, 2.05) is 18.2 Å². The van der Waals surface area contributed by atoms with E-state index >= 15 is 0 Å². The van der Waals surface area contributed by atoms with Gasteiger partial charge in [0.2, 0.25) is 5.91 Å². The number of halogens is 1. The van der Waals surface area contributed by atoms with Crippen LogP contribution in [0.4, 0.5) is 5.69 Å². The molecule has 2 amide bonds. The lowest BCUT2D eigenvalue weighted by Gasteiger charge is -2.29. The first-order chi connectivity index (χ1) is 11.1. The van der Waals surface area contributed by atoms with Crippen molar-refractivity contribution in [2.24, 2.45) is 0 Å². The second-order valence-corrected chi connectivity index (χ2v) is 6.38. The zero-order valence-electron chi connectivity index (χ0n) is 12.6. The topological polar surface area (TPSA) is 49.4 Å². The number of carbonyl (C=O) groups excluding carboxylic acids is 2. The van der Waals surface area contributed by atoms with Gasteiger partial charge in [-0.3, -0.25) is 9.59 Å². The van der Waals surface area contributed by atoms with Crippen molar-refractivity contribution >= 4 is 33.4 Å². The first-order valence-corrected chi connectivity index (χ1v) is 8.36. The molecule has 1 aliphatic rings. The molecule has 1 aliphatic heterocycles. The van der Waals surface area contributed by atoms with Gasteiger partial charge >= 0.3 is 0 Å². The van der Waals surface area contributed by atoms with Crippen LogP contribution in [0, 0.1) is 0 Å². The van der Waals surface area contributed by atoms with E-state index in [9.17, 15) is 9.59 Å². The van der Waals surface area contributed by atoms with Gasteiger partial charge < -0.3 is 10.2 Å². The van der Waals surface area contributed by atoms with E-state index in [4.69, 9.17) is 0 Å². The van der Waals surface area contributed by atoms with Gasteiger partial charge in [0.05, 0.1) is 6.54 Å². The number of anilines is 1. The number of nitrogens with zero attached hydrogens (tertiary/aromatic N) is 1. The number of aryl methyl sites for hydroxylation is 1. The smallest absolute Gasteiger partial charge is 0.251 e. The maximum absolute atomic E-state index is 12.5. The lowest BCUT2D eigenvalue weighted by molar-refractivity contribution is -0.117. The number of benzene rings is 2. The Balaban J connectivity index is 1.64. The highest BCUT2D eigenvalue weighted by Crippen LogP contribution is 2.26. The Kier molecular flexibility index (Phi) is 4.76. The van der Waals surface area contributed by atoms with Gasteiger partial charge in [0.15, 0.2) is 0 Å². The molecule has 2 aromatic rings. The van der Waals surface area contributed by atoms with Crippen LogP contribution in [0.1, 0.15) is 22.3 Å². The monoisotopic (exact) mass is 372 g/mol. The summed E-state index contributed by atoms with van der Waals surface area (Å²) in [5.41, 5.74) is 2.69. The molecular formula is C18H17BrN2O2. The predicted molar refractivity (Wildman–Crippen MR) is 93.6 cm³/mol. The molecule has 3 rings (SSSR count). The van der Waals surface area contributed by atoms with Crippen LogP contribution in [-0.2, 0) is 11.2 Å². The summed E-state index contributed by atoms with van der Waals surface area (Å²) < 4.78 is 0.912. The van der Waals surface area contributed by atoms with Crippen molar-refractivity contribution in [1.29, 1.82) is 0 Å². The molecule has 1 N–H and O–H groups in total. The van der Waals surface area contributed by atoms with Gasteiger partial charge in [0, 0.05) is 22.3 Å². The fourth-order valence-electron chi connectivity index (χ4n) is 2.75. The van der Waals surface area contributed by atoms with Gasteiger partial charge in [-0.25, -0.2) is 0 Å². The Hall–Kier alpha value is -2.14. The minimum absolute atomic E-state index is 0.00321. The molecule has 5 heteroatoms. The number of hydrogen-bond acceptors (Lipinski definition) is 2. The highest BCUT2D eigenvalue weighted by molar-refractivity contribution is 9.10. The molecule has 118 valence electrons. The lowest BCUT2D eigenvalue weighted by Crippen LogP contribution is -2.42. The molecule has 1 heterocycles. The second-order valence-electron chi connectivity index (χ2n) is 5.47. The van der Waals surface area contributed by atoms with Crippen molar-refractivity contribution in [3.8, 4) is 0 Å². The molecule has 0 unspecified atom stereocenters. The molecule has 0 spiro atoms. The maximum Gasteiger partial charge on any atom is 0.251 e. The number of para-hydroxylation sites is 1. The molecule has 4 nitrogen and oxygen atoms in total. The van der Waals surface area contributed by atoms with Gasteiger partial charge in [-0.2, -0.15) is 0 Å². The third kappa shape index (κ3) is 3.62. The number of nitrogens with one attached hydrogen (secondary N) is 1. The maximum atomic E-state index is 12.5. The third-order valence-corrected chi connectivity index (χ3v) is 4.45. The average Bonchev–Trinajstić information content (AvgIpc) is 2.59. The summed E-state index contributed by atoms with van der Waals surface area (Å²) in [6, 6.07) is 15.0. The Morgan fingerprint density at radius 1 is 1.09 bits per heavy atom. The highest BCUT2D eigenvalue weighted by Gasteiger charge is 2.22. The van der Waals surface area contributed by atoms with Gasteiger partial charge in [0.25, 0.3) is 5.91 Å². The summed E-state index contributed by atoms with van der Waals surface area (Å²) in [5, 5.41) is 2.70. The van der Waals surface area contributed by atoms with Crippen LogP contribution < -0.4 is 10.2 Å². The summed E-state index contributed by atoms with van der Waals surface area (Å²) >= 11 is 3.33. The van der Waals surface area contributed by atoms with Crippen molar-refractivity contribution in [2.75, 3.05) is 18.0 Å². The standard InChI is InChI=1S/C18H17BrN2O2/c19-15-9-7-14(8-10-15)18(23)20-12-17(22)21-11-3-5-13-4-1-2-6-16(13)21/h1-2,4,6-10H,3,5,11-12H2,(H,20,23). The van der Waals surface area contributed by atoms with Crippen LogP contribution in [-0.4, -0.2) is 24.9 Å². The Labute approximate surface area is 143 Å². The largest absolute Gasteiger partial charge is 0.343 e. The zero-order chi connectivity index (χ0) is 16.2. The minimum Gasteiger partial charge on any atom is -0.343 e. The SMILES string of the molecule is O=C(NCC(=O)N1CCCc2ccccc21)c1ccc(Br)cc1. The average molecular weight is 373 g/mol. The molecule has 0 aliphatic carbocycles. The summed E-state index contributed by atoms with van der Waals surface area (Å²) in [4.78, 5) is 26.3. The number of fused-ring (bicyclic) bond motifs is 1. The zero-order valence-corrected chi connectivity index (χ0v) is 14.2. The van der Waals surface area contributed by atoms with Crippen molar-refractivity contribution in [2.45, 2.75) is 12.8 Å². The van der Waals surface area contributed by atoms with E-state index in [-0.39, 0.29) is 18.4 Å². The van der Waals surface area contributed by atoms with E-state index in [2.05, 4.69) is 27.3 Å². The summed E-state index contributed by atoms with van der Waals surface area (Å²) in [5.74, 6) is -0.321. The Morgan fingerprint density at radius 3 is 2.61 bits per heavy atom. The lowest BCUT2D eigenvalue weighted by atomic mass is 10.0. The van der Waals surface area contributed by atoms with Gasteiger partial charge in [-0.15, -0.1) is 0 Å². The molecular weight excluding hydrogens is 356 g/mol. The molecule has 0 radical (unpaired) electrons. The number of amides is 2. The van der Waals surface area contributed by atoms with Crippen molar-refractivity contribution < 1.29 is 9.59 Å². The predicted octanol–water partition coefficient (Wildman–Crippen LogP) is 3.16. The molecule has 0 saturated heterocycles. The Bertz CT molecular complexity index is 728. The van der Waals surface area contributed by atoms with E-state index in [1.165, 1.54) is 5.56 Å². The second kappa shape index (κ2) is 6.96. The first kappa shape index (κ1) is 15.7. The Morgan fingerprint density at radius 2 is 1.83 bits per heavy atom. The summed E-state index contributed by atoms with van der Waals surface area (Å²) in [7, 11) is 0. The van der Waals surface area contributed by atoms with Crippen LogP contribution in [0.15, 0.2) is 53.0 Å². The summed E-state index contributed by atoms with van der Waals surface area (Å²) in [6.45, 7) is 0.702. The molecule has 0 aromatic heterocycles. The van der Waals surface area contributed by atoms with Crippen molar-refractivity contribution in [1.82, 2.24) is 5.32 Å². The molecule has 2 aromatic carbocycles. The van der Waals surface area contributed by atoms with E-state index in [0.29, 0.717) is 12.1 Å². The minimum atomic E-state index is -0.240. The van der Waals surface area contributed by atoms with Crippen LogP contribution >= 0.6 is 15.9 Å². The number of carbonyl (C=O) groups is 2. The fourth-order valence-corrected chi connectivity index (χ4v) is 3.01. The van der Waals surface area contributed by atoms with Crippen molar-refractivity contribution in [3.63, 3.8) is 0 Å². The number of rotatable bonds is 3. The van der Waals surface area contributed by atoms with Gasteiger partial charge in [-0.05, 0) is 48.7 Å². The normalized spacial score (nSPS) is 13.3. The molecule has 0 bridgehead atoms. The number of hydrogen-bond donors (Lipinski definition) is 1. The van der Waals surface area contributed by atoms with Gasteiger partial charge in [0.1, 0.15) is 0 Å². The van der Waals surface area contributed by atoms with E-state index in [1.54, 1.807) is 29.2 Å². The summed E-state index contributed by atoms with van der Waals surface area (Å²) in [6.07, 6.45) is 1.94. The van der Waals surface area contributed by atoms with Crippen LogP contribution in [0.2, 0.25) is 0 Å². The molecule has 23 heavy (non-hydrogen) atoms. The van der Waals surface area contributed by atoms with Crippen LogP contribution in [0.3, 0.4) is 0 Å². The molecule has 0 atom stereocenters. The highest BCUT2D eigenvalue weighted by atomic mass is 79.9. The molecule has 0 fully saturated rings. The fraction of sp³-hybridized carbons (Fsp3) is 0.222. The van der Waals surface area contributed by atoms with E-state index in [0.717, 1.165) is 23.0 Å². The first-order valence-electron chi connectivity index (χ1n) is 7.57. The van der Waals surface area contributed by atoms with Gasteiger partial charge in [-0.1, -0.05) is 34.1 Å². The third-order valence-electron chi connectivity index (χ3n) is 3.92. The van der Waals surface area contributed by atoms with Crippen LogP contribution in [0.25, 0.3) is 0 Å². The van der Waals surface area contributed by atoms with Crippen molar-refractivity contribution in [3.05, 3.63) is 64.1 Å². The van der Waals surface area contributed by atoms with E-state index < -0.39 is 0 Å². The molecule has 0 saturated carbocycles.